The predicted molar refractivity (Wildman–Crippen MR) is 96.5 cm³/mol. The topological polar surface area (TPSA) is 58.2 Å². The maximum atomic E-state index is 12.1. The molecule has 0 aliphatic carbocycles. The summed E-state index contributed by atoms with van der Waals surface area (Å²) in [4.78, 5) is 23.9. The fourth-order valence-electron chi connectivity index (χ4n) is 2.11. The Balaban J connectivity index is 1.84. The lowest BCUT2D eigenvalue weighted by molar-refractivity contribution is 0.0944. The van der Waals surface area contributed by atoms with Crippen LogP contribution < -0.4 is 10.6 Å². The molecule has 0 saturated carbocycles. The lowest BCUT2D eigenvalue weighted by Crippen LogP contribution is -2.26. The first-order chi connectivity index (χ1) is 11.6. The van der Waals surface area contributed by atoms with E-state index in [1.165, 1.54) is 0 Å². The van der Waals surface area contributed by atoms with Crippen LogP contribution in [0.15, 0.2) is 61.2 Å². The fourth-order valence-corrected chi connectivity index (χ4v) is 2.24. The van der Waals surface area contributed by atoms with Crippen LogP contribution in [0, 0.1) is 0 Å². The van der Waals surface area contributed by atoms with Crippen LogP contribution in [0.5, 0.6) is 0 Å². The van der Waals surface area contributed by atoms with Crippen LogP contribution in [0.25, 0.3) is 0 Å². The SMILES string of the molecule is C=CCNC(=O)c1ccc(C(=O)NCCc2ccc(Cl)cc2)cc1. The van der Waals surface area contributed by atoms with Crippen molar-refractivity contribution < 1.29 is 9.59 Å². The Morgan fingerprint density at radius 3 is 2.00 bits per heavy atom. The number of amides is 2. The molecule has 124 valence electrons. The fraction of sp³-hybridized carbons (Fsp3) is 0.158. The molecule has 2 aromatic rings. The number of nitrogens with one attached hydrogen (secondary N) is 2. The monoisotopic (exact) mass is 342 g/mol. The zero-order chi connectivity index (χ0) is 17.4. The Morgan fingerprint density at radius 2 is 1.46 bits per heavy atom. The van der Waals surface area contributed by atoms with Crippen molar-refractivity contribution in [1.29, 1.82) is 0 Å². The molecule has 0 saturated heterocycles. The van der Waals surface area contributed by atoms with Gasteiger partial charge in [0.15, 0.2) is 0 Å². The highest BCUT2D eigenvalue weighted by atomic mass is 35.5. The summed E-state index contributed by atoms with van der Waals surface area (Å²) in [6.07, 6.45) is 2.34. The first-order valence-electron chi connectivity index (χ1n) is 7.62. The van der Waals surface area contributed by atoms with E-state index in [2.05, 4.69) is 17.2 Å². The van der Waals surface area contributed by atoms with Gasteiger partial charge in [0, 0.05) is 29.2 Å². The molecule has 0 heterocycles. The summed E-state index contributed by atoms with van der Waals surface area (Å²) in [6.45, 7) is 4.48. The summed E-state index contributed by atoms with van der Waals surface area (Å²) in [5, 5.41) is 6.24. The summed E-state index contributed by atoms with van der Waals surface area (Å²) in [5.74, 6) is -0.355. The van der Waals surface area contributed by atoms with Crippen molar-refractivity contribution in [2.24, 2.45) is 0 Å². The molecule has 2 N–H and O–H groups in total. The number of hydrogen-bond acceptors (Lipinski definition) is 2. The number of benzene rings is 2. The molecule has 0 aliphatic rings. The lowest BCUT2D eigenvalue weighted by atomic mass is 10.1. The van der Waals surface area contributed by atoms with E-state index in [1.54, 1.807) is 30.3 Å². The molecule has 0 fully saturated rings. The van der Waals surface area contributed by atoms with Gasteiger partial charge in [-0.15, -0.1) is 6.58 Å². The highest BCUT2D eigenvalue weighted by Crippen LogP contribution is 2.10. The van der Waals surface area contributed by atoms with Gasteiger partial charge < -0.3 is 10.6 Å². The maximum Gasteiger partial charge on any atom is 0.251 e. The van der Waals surface area contributed by atoms with Gasteiger partial charge in [-0.25, -0.2) is 0 Å². The molecular weight excluding hydrogens is 324 g/mol. The molecule has 4 nitrogen and oxygen atoms in total. The maximum absolute atomic E-state index is 12.1. The van der Waals surface area contributed by atoms with E-state index in [0.717, 1.165) is 12.0 Å². The summed E-state index contributed by atoms with van der Waals surface area (Å²) in [6, 6.07) is 14.1. The third-order valence-corrected chi connectivity index (χ3v) is 3.68. The average molecular weight is 343 g/mol. The van der Waals surface area contributed by atoms with Gasteiger partial charge in [0.1, 0.15) is 0 Å². The predicted octanol–water partition coefficient (Wildman–Crippen LogP) is 3.23. The smallest absolute Gasteiger partial charge is 0.251 e. The van der Waals surface area contributed by atoms with Crippen molar-refractivity contribution in [2.45, 2.75) is 6.42 Å². The Hall–Kier alpha value is -2.59. The van der Waals surface area contributed by atoms with Gasteiger partial charge in [0.05, 0.1) is 0 Å². The van der Waals surface area contributed by atoms with Gasteiger partial charge in [-0.2, -0.15) is 0 Å². The van der Waals surface area contributed by atoms with Crippen molar-refractivity contribution >= 4 is 23.4 Å². The first kappa shape index (κ1) is 17.8. The molecule has 0 unspecified atom stereocenters. The minimum Gasteiger partial charge on any atom is -0.352 e. The van der Waals surface area contributed by atoms with E-state index >= 15 is 0 Å². The van der Waals surface area contributed by atoms with Crippen molar-refractivity contribution in [3.05, 3.63) is 82.9 Å². The highest BCUT2D eigenvalue weighted by Gasteiger charge is 2.08. The van der Waals surface area contributed by atoms with Gasteiger partial charge in [-0.05, 0) is 48.4 Å². The average Bonchev–Trinajstić information content (AvgIpc) is 2.61. The van der Waals surface area contributed by atoms with Crippen LogP contribution in [0.1, 0.15) is 26.3 Å². The summed E-state index contributed by atoms with van der Waals surface area (Å²) in [5.41, 5.74) is 2.13. The minimum absolute atomic E-state index is 0.165. The second kappa shape index (κ2) is 8.89. The van der Waals surface area contributed by atoms with Crippen LogP contribution in [0.2, 0.25) is 5.02 Å². The molecule has 0 atom stereocenters. The van der Waals surface area contributed by atoms with Gasteiger partial charge >= 0.3 is 0 Å². The third-order valence-electron chi connectivity index (χ3n) is 3.43. The zero-order valence-electron chi connectivity index (χ0n) is 13.2. The van der Waals surface area contributed by atoms with E-state index in [1.807, 2.05) is 24.3 Å². The lowest BCUT2D eigenvalue weighted by Gasteiger charge is -2.07. The molecule has 0 radical (unpaired) electrons. The quantitative estimate of drug-likeness (QED) is 0.759. The molecule has 0 bridgehead atoms. The van der Waals surface area contributed by atoms with Crippen LogP contribution >= 0.6 is 11.6 Å². The van der Waals surface area contributed by atoms with Crippen molar-refractivity contribution in [3.8, 4) is 0 Å². The molecule has 24 heavy (non-hydrogen) atoms. The van der Waals surface area contributed by atoms with Crippen LogP contribution in [0.4, 0.5) is 0 Å². The van der Waals surface area contributed by atoms with Gasteiger partial charge in [0.25, 0.3) is 11.8 Å². The normalized spacial score (nSPS) is 10.0. The summed E-state index contributed by atoms with van der Waals surface area (Å²) >= 11 is 5.84. The number of halogens is 1. The Morgan fingerprint density at radius 1 is 0.917 bits per heavy atom. The molecule has 0 aliphatic heterocycles. The number of carbonyl (C=O) groups is 2. The van der Waals surface area contributed by atoms with E-state index in [-0.39, 0.29) is 11.8 Å². The van der Waals surface area contributed by atoms with Crippen LogP contribution in [-0.4, -0.2) is 24.9 Å². The molecule has 2 amide bonds. The molecule has 0 aromatic heterocycles. The molecule has 0 spiro atoms. The van der Waals surface area contributed by atoms with E-state index in [9.17, 15) is 9.59 Å². The Bertz CT molecular complexity index is 709. The zero-order valence-corrected chi connectivity index (χ0v) is 14.0. The van der Waals surface area contributed by atoms with Crippen molar-refractivity contribution in [1.82, 2.24) is 10.6 Å². The van der Waals surface area contributed by atoms with Gasteiger partial charge in [-0.1, -0.05) is 29.8 Å². The summed E-state index contributed by atoms with van der Waals surface area (Å²) < 4.78 is 0. The van der Waals surface area contributed by atoms with Crippen LogP contribution in [0.3, 0.4) is 0 Å². The minimum atomic E-state index is -0.190. The van der Waals surface area contributed by atoms with Crippen LogP contribution in [-0.2, 0) is 6.42 Å². The second-order valence-electron chi connectivity index (χ2n) is 5.21. The molecule has 2 aromatic carbocycles. The van der Waals surface area contributed by atoms with Gasteiger partial charge in [-0.3, -0.25) is 9.59 Å². The van der Waals surface area contributed by atoms with Gasteiger partial charge in [0.2, 0.25) is 0 Å². The number of carbonyl (C=O) groups excluding carboxylic acids is 2. The van der Waals surface area contributed by atoms with E-state index < -0.39 is 0 Å². The second-order valence-corrected chi connectivity index (χ2v) is 5.64. The molecular formula is C19H19ClN2O2. The van der Waals surface area contributed by atoms with Crippen molar-refractivity contribution in [2.75, 3.05) is 13.1 Å². The molecule has 2 rings (SSSR count). The van der Waals surface area contributed by atoms with Crippen molar-refractivity contribution in [3.63, 3.8) is 0 Å². The first-order valence-corrected chi connectivity index (χ1v) is 8.00. The highest BCUT2D eigenvalue weighted by molar-refractivity contribution is 6.30. The number of hydrogen-bond donors (Lipinski definition) is 2. The molecule has 5 heteroatoms. The Kier molecular flexibility index (Phi) is 6.58. The largest absolute Gasteiger partial charge is 0.352 e. The Labute approximate surface area is 146 Å². The van der Waals surface area contributed by atoms with E-state index in [4.69, 9.17) is 11.6 Å². The third kappa shape index (κ3) is 5.25. The number of rotatable bonds is 7. The standard InChI is InChI=1S/C19H19ClN2O2/c1-2-12-21-18(23)15-5-7-16(8-6-15)19(24)22-13-11-14-3-9-17(20)10-4-14/h2-10H,1,11-13H2,(H,21,23)(H,22,24). The summed E-state index contributed by atoms with van der Waals surface area (Å²) in [7, 11) is 0. The van der Waals surface area contributed by atoms with E-state index in [0.29, 0.717) is 29.2 Å².